The van der Waals surface area contributed by atoms with Crippen molar-refractivity contribution in [3.63, 3.8) is 0 Å². The van der Waals surface area contributed by atoms with Crippen molar-refractivity contribution in [3.05, 3.63) is 48.3 Å². The fourth-order valence-corrected chi connectivity index (χ4v) is 3.97. The van der Waals surface area contributed by atoms with Crippen molar-refractivity contribution in [2.45, 2.75) is 44.7 Å². The average Bonchev–Trinajstić information content (AvgIpc) is 3.13. The molecule has 1 spiro atoms. The summed E-state index contributed by atoms with van der Waals surface area (Å²) in [5, 5.41) is 6.87. The number of fused-ring (bicyclic) bond motifs is 4. The predicted octanol–water partition coefficient (Wildman–Crippen LogP) is 3.70. The monoisotopic (exact) mass is 338 g/mol. The van der Waals surface area contributed by atoms with Gasteiger partial charge in [-0.3, -0.25) is 0 Å². The van der Waals surface area contributed by atoms with Gasteiger partial charge in [-0.05, 0) is 50.5 Å². The number of benzene rings is 1. The Labute approximate surface area is 149 Å². The van der Waals surface area contributed by atoms with Crippen molar-refractivity contribution in [2.24, 2.45) is 0 Å². The van der Waals surface area contributed by atoms with Gasteiger partial charge >= 0.3 is 6.03 Å². The van der Waals surface area contributed by atoms with E-state index < -0.39 is 0 Å². The minimum atomic E-state index is -0.0923. The summed E-state index contributed by atoms with van der Waals surface area (Å²) in [6.07, 6.45) is 4.92. The first-order chi connectivity index (χ1) is 12.1. The van der Waals surface area contributed by atoms with E-state index in [1.54, 1.807) is 0 Å². The number of amides is 2. The SMILES string of the molecule is CCC(C)NC(=O)N1CCC2(CC1)Nc1ccccc1-n1cccc12. The summed E-state index contributed by atoms with van der Waals surface area (Å²) in [4.78, 5) is 14.4. The number of rotatable bonds is 2. The summed E-state index contributed by atoms with van der Waals surface area (Å²) >= 11 is 0. The van der Waals surface area contributed by atoms with E-state index in [2.05, 4.69) is 71.6 Å². The molecule has 1 aromatic carbocycles. The van der Waals surface area contributed by atoms with Crippen LogP contribution in [0.25, 0.3) is 5.69 Å². The van der Waals surface area contributed by atoms with Crippen molar-refractivity contribution in [1.82, 2.24) is 14.8 Å². The number of carbonyl (C=O) groups is 1. The highest BCUT2D eigenvalue weighted by Gasteiger charge is 2.42. The summed E-state index contributed by atoms with van der Waals surface area (Å²) in [5.74, 6) is 0. The standard InChI is InChI=1S/C20H26N4O/c1-3-15(2)21-19(25)23-13-10-20(11-14-23)18-9-6-12-24(18)17-8-5-4-7-16(17)22-20/h4-9,12,15,22H,3,10-11,13-14H2,1-2H3,(H,21,25). The minimum absolute atomic E-state index is 0.0655. The molecule has 1 fully saturated rings. The van der Waals surface area contributed by atoms with E-state index in [0.717, 1.165) is 32.4 Å². The van der Waals surface area contributed by atoms with Crippen LogP contribution in [0.15, 0.2) is 42.6 Å². The molecule has 4 rings (SSSR count). The topological polar surface area (TPSA) is 49.3 Å². The molecule has 1 unspecified atom stereocenters. The molecular formula is C20H26N4O. The largest absolute Gasteiger partial charge is 0.372 e. The lowest BCUT2D eigenvalue weighted by molar-refractivity contribution is 0.160. The lowest BCUT2D eigenvalue weighted by Crippen LogP contribution is -2.53. The van der Waals surface area contributed by atoms with Gasteiger partial charge in [-0.25, -0.2) is 4.79 Å². The Morgan fingerprint density at radius 3 is 2.76 bits per heavy atom. The van der Waals surface area contributed by atoms with Crippen LogP contribution < -0.4 is 10.6 Å². The first kappa shape index (κ1) is 16.1. The van der Waals surface area contributed by atoms with E-state index >= 15 is 0 Å². The molecular weight excluding hydrogens is 312 g/mol. The second kappa shape index (κ2) is 6.14. The Kier molecular flexibility index (Phi) is 3.94. The Morgan fingerprint density at radius 2 is 2.00 bits per heavy atom. The molecule has 2 aromatic rings. The third-order valence-corrected chi connectivity index (χ3v) is 5.66. The molecule has 2 amide bonds. The maximum absolute atomic E-state index is 12.4. The van der Waals surface area contributed by atoms with Crippen molar-refractivity contribution >= 4 is 11.7 Å². The molecule has 1 aromatic heterocycles. The van der Waals surface area contributed by atoms with Gasteiger partial charge in [0.1, 0.15) is 0 Å². The van der Waals surface area contributed by atoms with Crippen molar-refractivity contribution in [3.8, 4) is 5.69 Å². The molecule has 5 nitrogen and oxygen atoms in total. The van der Waals surface area contributed by atoms with E-state index in [4.69, 9.17) is 0 Å². The second-order valence-corrected chi connectivity index (χ2v) is 7.23. The van der Waals surface area contributed by atoms with E-state index in [1.807, 2.05) is 4.90 Å². The number of nitrogens with one attached hydrogen (secondary N) is 2. The molecule has 1 saturated heterocycles. The molecule has 2 aliphatic rings. The zero-order chi connectivity index (χ0) is 17.4. The Bertz CT molecular complexity index is 774. The Hall–Kier alpha value is -2.43. The van der Waals surface area contributed by atoms with Crippen LogP contribution in [0.4, 0.5) is 10.5 Å². The normalized spacial score (nSPS) is 18.9. The van der Waals surface area contributed by atoms with Gasteiger partial charge in [0.05, 0.1) is 16.9 Å². The van der Waals surface area contributed by atoms with E-state index in [-0.39, 0.29) is 17.6 Å². The fourth-order valence-electron chi connectivity index (χ4n) is 3.97. The zero-order valence-electron chi connectivity index (χ0n) is 15.0. The van der Waals surface area contributed by atoms with Gasteiger partial charge in [0, 0.05) is 31.0 Å². The van der Waals surface area contributed by atoms with Crippen LogP contribution in [0.3, 0.4) is 0 Å². The lowest BCUT2D eigenvalue weighted by Gasteiger charge is -2.46. The second-order valence-electron chi connectivity index (χ2n) is 7.23. The van der Waals surface area contributed by atoms with Crippen molar-refractivity contribution in [1.29, 1.82) is 0 Å². The molecule has 132 valence electrons. The minimum Gasteiger partial charge on any atom is -0.372 e. The van der Waals surface area contributed by atoms with Crippen LogP contribution in [-0.4, -0.2) is 34.6 Å². The maximum Gasteiger partial charge on any atom is 0.317 e. The van der Waals surface area contributed by atoms with Crippen LogP contribution in [0, 0.1) is 0 Å². The predicted molar refractivity (Wildman–Crippen MR) is 100 cm³/mol. The maximum atomic E-state index is 12.4. The molecule has 2 N–H and O–H groups in total. The average molecular weight is 338 g/mol. The molecule has 3 heterocycles. The van der Waals surface area contributed by atoms with Crippen LogP contribution in [0.5, 0.6) is 0 Å². The van der Waals surface area contributed by atoms with Gasteiger partial charge in [0.2, 0.25) is 0 Å². The van der Waals surface area contributed by atoms with Gasteiger partial charge in [0.25, 0.3) is 0 Å². The number of nitrogens with zero attached hydrogens (tertiary/aromatic N) is 2. The summed E-state index contributed by atoms with van der Waals surface area (Å²) in [5.41, 5.74) is 3.58. The number of hydrogen-bond acceptors (Lipinski definition) is 2. The highest BCUT2D eigenvalue weighted by Crippen LogP contribution is 2.43. The fraction of sp³-hybridized carbons (Fsp3) is 0.450. The van der Waals surface area contributed by atoms with Gasteiger partial charge in [0.15, 0.2) is 0 Å². The highest BCUT2D eigenvalue weighted by atomic mass is 16.2. The molecule has 2 aliphatic heterocycles. The molecule has 1 atom stereocenters. The number of hydrogen-bond donors (Lipinski definition) is 2. The number of urea groups is 1. The number of para-hydroxylation sites is 2. The van der Waals surface area contributed by atoms with Crippen LogP contribution >= 0.6 is 0 Å². The van der Waals surface area contributed by atoms with Gasteiger partial charge in [-0.1, -0.05) is 19.1 Å². The molecule has 0 aliphatic carbocycles. The molecule has 5 heteroatoms. The number of piperidine rings is 1. The summed E-state index contributed by atoms with van der Waals surface area (Å²) in [6.45, 7) is 5.68. The van der Waals surface area contributed by atoms with Crippen LogP contribution in [0.2, 0.25) is 0 Å². The van der Waals surface area contributed by atoms with E-state index in [0.29, 0.717) is 0 Å². The van der Waals surface area contributed by atoms with Crippen LogP contribution in [-0.2, 0) is 5.54 Å². The molecule has 25 heavy (non-hydrogen) atoms. The number of aromatic nitrogens is 1. The third-order valence-electron chi connectivity index (χ3n) is 5.66. The summed E-state index contributed by atoms with van der Waals surface area (Å²) < 4.78 is 2.29. The van der Waals surface area contributed by atoms with Crippen molar-refractivity contribution in [2.75, 3.05) is 18.4 Å². The van der Waals surface area contributed by atoms with Gasteiger partial charge < -0.3 is 20.1 Å². The molecule has 0 radical (unpaired) electrons. The van der Waals surface area contributed by atoms with Crippen molar-refractivity contribution < 1.29 is 4.79 Å². The summed E-state index contributed by atoms with van der Waals surface area (Å²) in [7, 11) is 0. The number of likely N-dealkylation sites (tertiary alicyclic amines) is 1. The zero-order valence-corrected chi connectivity index (χ0v) is 15.0. The van der Waals surface area contributed by atoms with E-state index in [9.17, 15) is 4.79 Å². The third kappa shape index (κ3) is 2.68. The first-order valence-electron chi connectivity index (χ1n) is 9.24. The first-order valence-corrected chi connectivity index (χ1v) is 9.24. The van der Waals surface area contributed by atoms with Gasteiger partial charge in [-0.15, -0.1) is 0 Å². The molecule has 0 saturated carbocycles. The van der Waals surface area contributed by atoms with E-state index in [1.165, 1.54) is 17.1 Å². The lowest BCUT2D eigenvalue weighted by atomic mass is 9.82. The highest BCUT2D eigenvalue weighted by molar-refractivity contribution is 5.75. The number of anilines is 1. The van der Waals surface area contributed by atoms with Crippen LogP contribution in [0.1, 0.15) is 38.8 Å². The molecule has 0 bridgehead atoms. The Balaban J connectivity index is 1.55. The quantitative estimate of drug-likeness (QED) is 0.877. The smallest absolute Gasteiger partial charge is 0.317 e. The number of carbonyl (C=O) groups excluding carboxylic acids is 1. The Morgan fingerprint density at radius 1 is 1.24 bits per heavy atom. The summed E-state index contributed by atoms with van der Waals surface area (Å²) in [6, 6.07) is 13.0. The van der Waals surface area contributed by atoms with Gasteiger partial charge in [-0.2, -0.15) is 0 Å².